The van der Waals surface area contributed by atoms with Gasteiger partial charge in [-0.15, -0.1) is 0 Å². The maximum atomic E-state index is 12.6. The third-order valence-corrected chi connectivity index (χ3v) is 5.55. The molecule has 1 aromatic rings. The molecule has 7 heteroatoms. The van der Waals surface area contributed by atoms with Gasteiger partial charge in [-0.3, -0.25) is 9.69 Å². The van der Waals surface area contributed by atoms with E-state index in [1.54, 1.807) is 17.0 Å². The molecule has 0 aromatic heterocycles. The summed E-state index contributed by atoms with van der Waals surface area (Å²) in [6, 6.07) is 5.76. The topological polar surface area (TPSA) is 23.6 Å². The van der Waals surface area contributed by atoms with E-state index in [9.17, 15) is 18.0 Å². The first-order chi connectivity index (χ1) is 11.2. The average Bonchev–Trinajstić information content (AvgIpc) is 3.05. The molecular weight excluding hydrogens is 341 g/mol. The number of carbonyl (C=O) groups is 1. The van der Waals surface area contributed by atoms with Crippen LogP contribution in [0, 0.1) is 11.8 Å². The number of likely N-dealkylation sites (tertiary alicyclic amines) is 1. The highest BCUT2D eigenvalue weighted by atomic mass is 35.5. The molecule has 1 aromatic carbocycles. The Balaban J connectivity index is 1.55. The standard InChI is InChI=1S/C17H20ClF3N2O/c1-22(8-11-2-4-14(5-3-11)17(19,20)21)15-6-12-9-23(16(18)24)10-13(12)7-15/h2-5,12-13,15H,6-10H2,1H3/t12-,13+,15-. The highest BCUT2D eigenvalue weighted by molar-refractivity contribution is 6.62. The molecule has 0 spiro atoms. The van der Waals surface area contributed by atoms with Gasteiger partial charge in [0.25, 0.3) is 0 Å². The number of alkyl halides is 3. The highest BCUT2D eigenvalue weighted by Crippen LogP contribution is 2.40. The third-order valence-electron chi connectivity index (χ3n) is 5.31. The van der Waals surface area contributed by atoms with Crippen molar-refractivity contribution in [2.75, 3.05) is 20.1 Å². The smallest absolute Gasteiger partial charge is 0.329 e. The van der Waals surface area contributed by atoms with Crippen LogP contribution in [0.1, 0.15) is 24.0 Å². The van der Waals surface area contributed by atoms with Crippen molar-refractivity contribution in [1.29, 1.82) is 0 Å². The predicted molar refractivity (Wildman–Crippen MR) is 85.7 cm³/mol. The normalized spacial score (nSPS) is 26.9. The number of amides is 1. The van der Waals surface area contributed by atoms with Crippen molar-refractivity contribution in [2.45, 2.75) is 31.6 Å². The first-order valence-electron chi connectivity index (χ1n) is 8.05. The fourth-order valence-electron chi connectivity index (χ4n) is 3.99. The van der Waals surface area contributed by atoms with Crippen LogP contribution in [0.2, 0.25) is 0 Å². The van der Waals surface area contributed by atoms with Crippen molar-refractivity contribution in [2.24, 2.45) is 11.8 Å². The third kappa shape index (κ3) is 3.70. The Morgan fingerprint density at radius 1 is 1.21 bits per heavy atom. The minimum atomic E-state index is -4.29. The zero-order chi connectivity index (χ0) is 17.5. The lowest BCUT2D eigenvalue weighted by Crippen LogP contribution is -2.32. The summed E-state index contributed by atoms with van der Waals surface area (Å²) >= 11 is 5.54. The number of fused-ring (bicyclic) bond motifs is 1. The number of nitrogens with zero attached hydrogens (tertiary/aromatic N) is 2. The zero-order valence-electron chi connectivity index (χ0n) is 13.4. The Bertz CT molecular complexity index is 591. The molecule has 24 heavy (non-hydrogen) atoms. The molecule has 1 saturated carbocycles. The van der Waals surface area contributed by atoms with Crippen LogP contribution in [0.5, 0.6) is 0 Å². The molecule has 1 aliphatic heterocycles. The van der Waals surface area contributed by atoms with Gasteiger partial charge in [0.05, 0.1) is 5.56 Å². The molecule has 3 rings (SSSR count). The minimum absolute atomic E-state index is 0.376. The maximum absolute atomic E-state index is 12.6. The lowest BCUT2D eigenvalue weighted by Gasteiger charge is -2.26. The Hall–Kier alpha value is -1.27. The van der Waals surface area contributed by atoms with E-state index in [1.165, 1.54) is 0 Å². The van der Waals surface area contributed by atoms with E-state index in [0.29, 0.717) is 24.4 Å². The van der Waals surface area contributed by atoms with Gasteiger partial charge < -0.3 is 4.90 Å². The van der Waals surface area contributed by atoms with E-state index in [-0.39, 0.29) is 5.37 Å². The van der Waals surface area contributed by atoms with Crippen LogP contribution in [-0.4, -0.2) is 41.3 Å². The molecular formula is C17H20ClF3N2O. The van der Waals surface area contributed by atoms with Gasteiger partial charge in [-0.2, -0.15) is 13.2 Å². The molecule has 3 atom stereocenters. The SMILES string of the molecule is CN(Cc1ccc(C(F)(F)F)cc1)[C@@H]1C[C@@H]2CN(C(=O)Cl)C[C@@H]2C1. The number of benzene rings is 1. The van der Waals surface area contributed by atoms with Crippen LogP contribution in [-0.2, 0) is 12.7 Å². The first-order valence-corrected chi connectivity index (χ1v) is 8.42. The molecule has 0 radical (unpaired) electrons. The molecule has 2 aliphatic rings. The van der Waals surface area contributed by atoms with Gasteiger partial charge in [0, 0.05) is 25.7 Å². The second-order valence-electron chi connectivity index (χ2n) is 6.91. The minimum Gasteiger partial charge on any atom is -0.329 e. The van der Waals surface area contributed by atoms with Crippen LogP contribution < -0.4 is 0 Å². The Kier molecular flexibility index (Phi) is 4.80. The van der Waals surface area contributed by atoms with Crippen molar-refractivity contribution < 1.29 is 18.0 Å². The summed E-state index contributed by atoms with van der Waals surface area (Å²) in [7, 11) is 2.01. The number of halogens is 4. The molecule has 0 bridgehead atoms. The van der Waals surface area contributed by atoms with E-state index in [1.807, 2.05) is 7.05 Å². The molecule has 3 nitrogen and oxygen atoms in total. The van der Waals surface area contributed by atoms with Gasteiger partial charge >= 0.3 is 11.5 Å². The summed E-state index contributed by atoms with van der Waals surface area (Å²) in [6.45, 7) is 2.07. The lowest BCUT2D eigenvalue weighted by atomic mass is 10.0. The fraction of sp³-hybridized carbons (Fsp3) is 0.588. The van der Waals surface area contributed by atoms with Crippen LogP contribution in [0.15, 0.2) is 24.3 Å². The Morgan fingerprint density at radius 2 is 1.75 bits per heavy atom. The molecule has 1 amide bonds. The van der Waals surface area contributed by atoms with Gasteiger partial charge in [-0.25, -0.2) is 0 Å². The van der Waals surface area contributed by atoms with Crippen molar-refractivity contribution >= 4 is 17.0 Å². The van der Waals surface area contributed by atoms with Gasteiger partial charge in [-0.05, 0) is 61.0 Å². The summed E-state index contributed by atoms with van der Waals surface area (Å²) in [5.74, 6) is 0.959. The molecule has 132 valence electrons. The van der Waals surface area contributed by atoms with E-state index in [2.05, 4.69) is 4.90 Å². The molecule has 0 unspecified atom stereocenters. The van der Waals surface area contributed by atoms with E-state index < -0.39 is 11.7 Å². The number of hydrogen-bond donors (Lipinski definition) is 0. The van der Waals surface area contributed by atoms with Crippen LogP contribution >= 0.6 is 11.6 Å². The van der Waals surface area contributed by atoms with Gasteiger partial charge in [0.1, 0.15) is 0 Å². The first kappa shape index (κ1) is 17.5. The van der Waals surface area contributed by atoms with Crippen molar-refractivity contribution in [3.05, 3.63) is 35.4 Å². The van der Waals surface area contributed by atoms with Gasteiger partial charge in [-0.1, -0.05) is 12.1 Å². The van der Waals surface area contributed by atoms with Crippen molar-refractivity contribution in [3.63, 3.8) is 0 Å². The van der Waals surface area contributed by atoms with Gasteiger partial charge in [0.2, 0.25) is 0 Å². The monoisotopic (exact) mass is 360 g/mol. The predicted octanol–water partition coefficient (Wildman–Crippen LogP) is 4.21. The van der Waals surface area contributed by atoms with E-state index in [4.69, 9.17) is 11.6 Å². The summed E-state index contributed by atoms with van der Waals surface area (Å²) in [4.78, 5) is 15.1. The lowest BCUT2D eigenvalue weighted by molar-refractivity contribution is -0.137. The molecule has 1 heterocycles. The molecule has 1 saturated heterocycles. The fourth-order valence-corrected chi connectivity index (χ4v) is 4.13. The number of carbonyl (C=O) groups excluding carboxylic acids is 1. The summed E-state index contributed by atoms with van der Waals surface area (Å²) in [5, 5.41) is -0.376. The molecule has 0 N–H and O–H groups in total. The second kappa shape index (κ2) is 6.56. The quantitative estimate of drug-likeness (QED) is 0.595. The van der Waals surface area contributed by atoms with Crippen LogP contribution in [0.4, 0.5) is 18.0 Å². The summed E-state index contributed by atoms with van der Waals surface area (Å²) < 4.78 is 37.8. The Labute approximate surface area is 144 Å². The Morgan fingerprint density at radius 3 is 2.21 bits per heavy atom. The molecule has 2 fully saturated rings. The number of hydrogen-bond acceptors (Lipinski definition) is 2. The molecule has 1 aliphatic carbocycles. The van der Waals surface area contributed by atoms with Crippen LogP contribution in [0.3, 0.4) is 0 Å². The van der Waals surface area contributed by atoms with Gasteiger partial charge in [0.15, 0.2) is 0 Å². The zero-order valence-corrected chi connectivity index (χ0v) is 14.1. The average molecular weight is 361 g/mol. The summed E-state index contributed by atoms with van der Waals surface area (Å²) in [6.07, 6.45) is -2.29. The van der Waals surface area contributed by atoms with E-state index >= 15 is 0 Å². The maximum Gasteiger partial charge on any atom is 0.416 e. The van der Waals surface area contributed by atoms with Crippen molar-refractivity contribution in [3.8, 4) is 0 Å². The van der Waals surface area contributed by atoms with Crippen LogP contribution in [0.25, 0.3) is 0 Å². The highest BCUT2D eigenvalue weighted by Gasteiger charge is 2.43. The second-order valence-corrected chi connectivity index (χ2v) is 7.24. The number of rotatable bonds is 3. The van der Waals surface area contributed by atoms with Crippen molar-refractivity contribution in [1.82, 2.24) is 9.80 Å². The summed E-state index contributed by atoms with van der Waals surface area (Å²) in [5.41, 5.74) is 0.259. The van der Waals surface area contributed by atoms with E-state index in [0.717, 1.165) is 43.6 Å². The largest absolute Gasteiger partial charge is 0.416 e.